The molecule has 1 fully saturated rings. The predicted molar refractivity (Wildman–Crippen MR) is 132 cm³/mol. The molecule has 37 heavy (non-hydrogen) atoms. The fourth-order valence-corrected chi connectivity index (χ4v) is 3.60. The van der Waals surface area contributed by atoms with Gasteiger partial charge in [-0.25, -0.2) is 14.6 Å². The number of carbonyl (C=O) groups excluding carboxylic acids is 1. The molecule has 0 bridgehead atoms. The van der Waals surface area contributed by atoms with Crippen molar-refractivity contribution in [3.63, 3.8) is 0 Å². The summed E-state index contributed by atoms with van der Waals surface area (Å²) in [7, 11) is 3.44. The number of alkyl halides is 2. The fraction of sp³-hybridized carbons (Fsp3) is 0.417. The van der Waals surface area contributed by atoms with Crippen molar-refractivity contribution in [1.29, 1.82) is 0 Å². The molecule has 2 heterocycles. The minimum Gasteiger partial charge on any atom is -0.473 e. The molecule has 2 aromatic rings. The first-order valence-electron chi connectivity index (χ1n) is 11.5. The lowest BCUT2D eigenvalue weighted by Gasteiger charge is -2.36. The number of para-hydroxylation sites is 2. The molecule has 11 nitrogen and oxygen atoms in total. The highest BCUT2D eigenvalue weighted by Crippen LogP contribution is 2.30. The van der Waals surface area contributed by atoms with Gasteiger partial charge in [0, 0.05) is 53.0 Å². The zero-order chi connectivity index (χ0) is 27.4. The van der Waals surface area contributed by atoms with Crippen LogP contribution in [-0.4, -0.2) is 103 Å². The van der Waals surface area contributed by atoms with Crippen molar-refractivity contribution in [3.05, 3.63) is 48.2 Å². The van der Waals surface area contributed by atoms with E-state index in [1.165, 1.54) is 4.90 Å². The first-order chi connectivity index (χ1) is 17.6. The van der Waals surface area contributed by atoms with Crippen LogP contribution in [-0.2, 0) is 9.59 Å². The number of aliphatic carboxylic acids is 2. The third-order valence-electron chi connectivity index (χ3n) is 5.37. The zero-order valence-electron chi connectivity index (χ0n) is 20.6. The standard InChI is InChI=1S/C22H29F2N5O2.C2H2O4/c1-27(2)21(30)17-7-5-10-25-20(17)26-11-6-12-28-13-15-29(16-14-28)18-8-3-4-9-19(18)31-22(23)24;3-1(4)2(5)6/h3-5,7-10,22H,6,11-16H2,1-2H3,(H,25,26);(H,3,4)(H,5,6). The lowest BCUT2D eigenvalue weighted by Crippen LogP contribution is -2.47. The van der Waals surface area contributed by atoms with E-state index in [9.17, 15) is 13.6 Å². The number of nitrogens with zero attached hydrogens (tertiary/aromatic N) is 4. The van der Waals surface area contributed by atoms with Crippen LogP contribution in [0.4, 0.5) is 20.3 Å². The van der Waals surface area contributed by atoms with Crippen LogP contribution in [0.15, 0.2) is 42.6 Å². The Kier molecular flexibility index (Phi) is 11.5. The molecular formula is C24H31F2N5O6. The second-order valence-corrected chi connectivity index (χ2v) is 8.16. The van der Waals surface area contributed by atoms with E-state index in [0.29, 0.717) is 23.6 Å². The zero-order valence-corrected chi connectivity index (χ0v) is 20.6. The quantitative estimate of drug-likeness (QED) is 0.331. The van der Waals surface area contributed by atoms with Crippen LogP contribution >= 0.6 is 0 Å². The normalized spacial score (nSPS) is 13.4. The van der Waals surface area contributed by atoms with Gasteiger partial charge in [-0.15, -0.1) is 0 Å². The Hall–Kier alpha value is -4.00. The van der Waals surface area contributed by atoms with Gasteiger partial charge in [0.2, 0.25) is 0 Å². The summed E-state index contributed by atoms with van der Waals surface area (Å²) in [5.74, 6) is -2.91. The number of halogens is 2. The molecule has 0 atom stereocenters. The predicted octanol–water partition coefficient (Wildman–Crippen LogP) is 2.16. The third-order valence-corrected chi connectivity index (χ3v) is 5.37. The van der Waals surface area contributed by atoms with Gasteiger partial charge in [0.1, 0.15) is 11.6 Å². The van der Waals surface area contributed by atoms with E-state index >= 15 is 0 Å². The molecule has 1 aliphatic rings. The van der Waals surface area contributed by atoms with Crippen LogP contribution in [0, 0.1) is 0 Å². The number of carboxylic acid groups (broad SMARTS) is 2. The van der Waals surface area contributed by atoms with Crippen molar-refractivity contribution in [3.8, 4) is 5.75 Å². The largest absolute Gasteiger partial charge is 0.473 e. The van der Waals surface area contributed by atoms with Gasteiger partial charge < -0.3 is 30.1 Å². The van der Waals surface area contributed by atoms with Crippen LogP contribution in [0.2, 0.25) is 0 Å². The van der Waals surface area contributed by atoms with E-state index in [1.807, 2.05) is 12.1 Å². The topological polar surface area (TPSA) is 136 Å². The second-order valence-electron chi connectivity index (χ2n) is 8.16. The Bertz CT molecular complexity index is 1040. The molecule has 0 spiro atoms. The Morgan fingerprint density at radius 1 is 1.05 bits per heavy atom. The van der Waals surface area contributed by atoms with Gasteiger partial charge >= 0.3 is 18.6 Å². The summed E-state index contributed by atoms with van der Waals surface area (Å²) in [6, 6.07) is 10.4. The van der Waals surface area contributed by atoms with E-state index < -0.39 is 18.6 Å². The number of carboxylic acids is 2. The second kappa shape index (κ2) is 14.5. The average Bonchev–Trinajstić information content (AvgIpc) is 2.87. The monoisotopic (exact) mass is 523 g/mol. The fourth-order valence-electron chi connectivity index (χ4n) is 3.60. The van der Waals surface area contributed by atoms with Gasteiger partial charge in [-0.3, -0.25) is 9.69 Å². The summed E-state index contributed by atoms with van der Waals surface area (Å²) in [5, 5.41) is 18.0. The maximum atomic E-state index is 12.7. The maximum Gasteiger partial charge on any atom is 0.414 e. The Morgan fingerprint density at radius 3 is 2.30 bits per heavy atom. The highest BCUT2D eigenvalue weighted by atomic mass is 19.3. The number of benzene rings is 1. The molecular weight excluding hydrogens is 492 g/mol. The number of hydrogen-bond acceptors (Lipinski definition) is 8. The maximum absolute atomic E-state index is 12.7. The number of amides is 1. The van der Waals surface area contributed by atoms with Gasteiger partial charge in [0.25, 0.3) is 5.91 Å². The Morgan fingerprint density at radius 2 is 1.70 bits per heavy atom. The van der Waals surface area contributed by atoms with Gasteiger partial charge in [-0.05, 0) is 37.2 Å². The van der Waals surface area contributed by atoms with Gasteiger partial charge in [0.05, 0.1) is 11.3 Å². The van der Waals surface area contributed by atoms with Crippen LogP contribution < -0.4 is 15.0 Å². The van der Waals surface area contributed by atoms with Crippen LogP contribution in [0.1, 0.15) is 16.8 Å². The molecule has 1 aromatic heterocycles. The van der Waals surface area contributed by atoms with E-state index in [2.05, 4.69) is 24.8 Å². The van der Waals surface area contributed by atoms with E-state index in [1.54, 1.807) is 44.6 Å². The summed E-state index contributed by atoms with van der Waals surface area (Å²) < 4.78 is 30.0. The number of carbonyl (C=O) groups is 3. The number of aromatic nitrogens is 1. The molecule has 3 N–H and O–H groups in total. The van der Waals surface area contributed by atoms with Crippen molar-refractivity contribution < 1.29 is 38.1 Å². The van der Waals surface area contributed by atoms with Gasteiger partial charge in [-0.1, -0.05) is 12.1 Å². The van der Waals surface area contributed by atoms with Crippen molar-refractivity contribution in [2.45, 2.75) is 13.0 Å². The summed E-state index contributed by atoms with van der Waals surface area (Å²) >= 11 is 0. The molecule has 1 saturated heterocycles. The molecule has 0 radical (unpaired) electrons. The Balaban J connectivity index is 0.000000717. The van der Waals surface area contributed by atoms with Crippen molar-refractivity contribution >= 4 is 29.4 Å². The summed E-state index contributed by atoms with van der Waals surface area (Å²) in [6.45, 7) is 1.96. The summed E-state index contributed by atoms with van der Waals surface area (Å²) in [4.78, 5) is 40.7. The van der Waals surface area contributed by atoms with Crippen molar-refractivity contribution in [1.82, 2.24) is 14.8 Å². The van der Waals surface area contributed by atoms with Crippen LogP contribution in [0.5, 0.6) is 5.75 Å². The molecule has 1 aromatic carbocycles. The van der Waals surface area contributed by atoms with Crippen LogP contribution in [0.25, 0.3) is 0 Å². The Labute approximate surface area is 213 Å². The number of ether oxygens (including phenoxy) is 1. The number of rotatable bonds is 9. The van der Waals surface area contributed by atoms with E-state index in [0.717, 1.165) is 39.1 Å². The van der Waals surface area contributed by atoms with E-state index in [-0.39, 0.29) is 11.7 Å². The molecule has 3 rings (SSSR count). The lowest BCUT2D eigenvalue weighted by atomic mass is 10.2. The minimum atomic E-state index is -2.83. The number of nitrogens with one attached hydrogen (secondary N) is 1. The number of anilines is 2. The van der Waals surface area contributed by atoms with Crippen molar-refractivity contribution in [2.24, 2.45) is 0 Å². The molecule has 1 aliphatic heterocycles. The summed E-state index contributed by atoms with van der Waals surface area (Å²) in [6.07, 6.45) is 2.57. The minimum absolute atomic E-state index is 0.0807. The first-order valence-corrected chi connectivity index (χ1v) is 11.5. The number of hydrogen-bond donors (Lipinski definition) is 3. The smallest absolute Gasteiger partial charge is 0.414 e. The lowest BCUT2D eigenvalue weighted by molar-refractivity contribution is -0.159. The van der Waals surface area contributed by atoms with Gasteiger partial charge in [0.15, 0.2) is 0 Å². The highest BCUT2D eigenvalue weighted by Gasteiger charge is 2.21. The third kappa shape index (κ3) is 9.52. The van der Waals surface area contributed by atoms with Crippen molar-refractivity contribution in [2.75, 3.05) is 63.6 Å². The molecule has 202 valence electrons. The van der Waals surface area contributed by atoms with Gasteiger partial charge in [-0.2, -0.15) is 8.78 Å². The first kappa shape index (κ1) is 29.2. The number of piperazine rings is 1. The van der Waals surface area contributed by atoms with E-state index in [4.69, 9.17) is 19.8 Å². The molecule has 0 saturated carbocycles. The number of pyridine rings is 1. The van der Waals surface area contributed by atoms with Crippen LogP contribution in [0.3, 0.4) is 0 Å². The molecule has 13 heteroatoms. The summed E-state index contributed by atoms with van der Waals surface area (Å²) in [5.41, 5.74) is 1.27. The molecule has 1 amide bonds. The SMILES string of the molecule is CN(C)C(=O)c1cccnc1NCCCN1CCN(c2ccccc2OC(F)F)CC1.O=C(O)C(=O)O. The molecule has 0 aliphatic carbocycles. The highest BCUT2D eigenvalue weighted by molar-refractivity contribution is 6.27. The molecule has 0 unspecified atom stereocenters. The average molecular weight is 524 g/mol.